The van der Waals surface area contributed by atoms with E-state index in [1.165, 1.54) is 0 Å². The number of hydrogen-bond acceptors (Lipinski definition) is 3. The second kappa shape index (κ2) is 8.11. The minimum atomic E-state index is -0.672. The maximum absolute atomic E-state index is 12.5. The molecule has 2 atom stereocenters. The van der Waals surface area contributed by atoms with Crippen LogP contribution in [0.15, 0.2) is 30.3 Å². The number of benzene rings is 1. The zero-order valence-electron chi connectivity index (χ0n) is 13.9. The van der Waals surface area contributed by atoms with Crippen molar-refractivity contribution in [3.05, 3.63) is 35.9 Å². The summed E-state index contributed by atoms with van der Waals surface area (Å²) in [6.45, 7) is 5.02. The molecule has 126 valence electrons. The van der Waals surface area contributed by atoms with Crippen LogP contribution in [-0.4, -0.2) is 40.5 Å². The second-order valence-electron chi connectivity index (χ2n) is 6.52. The van der Waals surface area contributed by atoms with Crippen LogP contribution in [-0.2, 0) is 16.1 Å². The molecule has 0 saturated carbocycles. The summed E-state index contributed by atoms with van der Waals surface area (Å²) in [6.07, 6.45) is 0.901. The van der Waals surface area contributed by atoms with Crippen LogP contribution in [0.1, 0.15) is 38.7 Å². The first-order valence-electron chi connectivity index (χ1n) is 8.27. The summed E-state index contributed by atoms with van der Waals surface area (Å²) in [4.78, 5) is 26.3. The summed E-state index contributed by atoms with van der Waals surface area (Å²) in [5.74, 6) is -0.268. The highest BCUT2D eigenvalue weighted by atomic mass is 16.3. The van der Waals surface area contributed by atoms with E-state index in [9.17, 15) is 14.7 Å². The first kappa shape index (κ1) is 17.5. The number of nitrogens with one attached hydrogen (secondary N) is 1. The maximum Gasteiger partial charge on any atom is 0.245 e. The number of aliphatic hydroxyl groups excluding tert-OH is 1. The highest BCUT2D eigenvalue weighted by Crippen LogP contribution is 2.16. The Hall–Kier alpha value is -1.88. The van der Waals surface area contributed by atoms with Crippen LogP contribution in [0.3, 0.4) is 0 Å². The number of carbonyl (C=O) groups excluding carboxylic acids is 2. The summed E-state index contributed by atoms with van der Waals surface area (Å²) in [7, 11) is 0. The van der Waals surface area contributed by atoms with Crippen LogP contribution in [0, 0.1) is 5.92 Å². The number of amides is 2. The number of piperidine rings is 1. The van der Waals surface area contributed by atoms with Crippen molar-refractivity contribution in [2.75, 3.05) is 6.54 Å². The Morgan fingerprint density at radius 3 is 2.70 bits per heavy atom. The average Bonchev–Trinajstić information content (AvgIpc) is 2.52. The Bertz CT molecular complexity index is 530. The first-order chi connectivity index (χ1) is 11.0. The fraction of sp³-hybridized carbons (Fsp3) is 0.556. The SMILES string of the molecule is CC(C)C(O)CC(=O)NC1CCCN(Cc2ccccc2)C1=O. The van der Waals surface area contributed by atoms with Crippen LogP contribution in [0.5, 0.6) is 0 Å². The van der Waals surface area contributed by atoms with Gasteiger partial charge in [-0.3, -0.25) is 9.59 Å². The van der Waals surface area contributed by atoms with Crippen molar-refractivity contribution in [2.24, 2.45) is 5.92 Å². The summed E-state index contributed by atoms with van der Waals surface area (Å²) in [5, 5.41) is 12.6. The summed E-state index contributed by atoms with van der Waals surface area (Å²) < 4.78 is 0. The van der Waals surface area contributed by atoms with E-state index in [2.05, 4.69) is 5.32 Å². The molecule has 2 amide bonds. The van der Waals surface area contributed by atoms with Gasteiger partial charge in [0.15, 0.2) is 0 Å². The van der Waals surface area contributed by atoms with Crippen molar-refractivity contribution < 1.29 is 14.7 Å². The monoisotopic (exact) mass is 318 g/mol. The molecule has 0 bridgehead atoms. The van der Waals surface area contributed by atoms with Gasteiger partial charge in [0.25, 0.3) is 0 Å². The van der Waals surface area contributed by atoms with Gasteiger partial charge in [0.05, 0.1) is 12.5 Å². The molecule has 1 fully saturated rings. The smallest absolute Gasteiger partial charge is 0.245 e. The van der Waals surface area contributed by atoms with E-state index in [0.717, 1.165) is 12.0 Å². The molecule has 5 heteroatoms. The Morgan fingerprint density at radius 2 is 2.04 bits per heavy atom. The molecule has 1 heterocycles. The first-order valence-corrected chi connectivity index (χ1v) is 8.27. The number of carbonyl (C=O) groups is 2. The van der Waals surface area contributed by atoms with Gasteiger partial charge in [0.1, 0.15) is 6.04 Å². The van der Waals surface area contributed by atoms with Crippen molar-refractivity contribution in [1.29, 1.82) is 0 Å². The third-order valence-electron chi connectivity index (χ3n) is 4.25. The van der Waals surface area contributed by atoms with Crippen LogP contribution >= 0.6 is 0 Å². The molecule has 1 aromatic rings. The maximum atomic E-state index is 12.5. The van der Waals surface area contributed by atoms with Crippen LogP contribution < -0.4 is 5.32 Å². The van der Waals surface area contributed by atoms with Gasteiger partial charge in [0, 0.05) is 13.1 Å². The second-order valence-corrected chi connectivity index (χ2v) is 6.52. The molecular weight excluding hydrogens is 292 g/mol. The van der Waals surface area contributed by atoms with E-state index in [0.29, 0.717) is 19.5 Å². The predicted octanol–water partition coefficient (Wildman–Crippen LogP) is 1.70. The normalized spacial score (nSPS) is 19.7. The lowest BCUT2D eigenvalue weighted by molar-refractivity contribution is -0.140. The van der Waals surface area contributed by atoms with Gasteiger partial charge >= 0.3 is 0 Å². The molecule has 1 aliphatic rings. The minimum Gasteiger partial charge on any atom is -0.392 e. The zero-order chi connectivity index (χ0) is 16.8. The van der Waals surface area contributed by atoms with Gasteiger partial charge in [-0.2, -0.15) is 0 Å². The van der Waals surface area contributed by atoms with Crippen molar-refractivity contribution >= 4 is 11.8 Å². The fourth-order valence-electron chi connectivity index (χ4n) is 2.71. The van der Waals surface area contributed by atoms with Gasteiger partial charge in [-0.15, -0.1) is 0 Å². The largest absolute Gasteiger partial charge is 0.392 e. The van der Waals surface area contributed by atoms with Gasteiger partial charge in [-0.05, 0) is 24.3 Å². The molecule has 0 aromatic heterocycles. The Labute approximate surface area is 137 Å². The third-order valence-corrected chi connectivity index (χ3v) is 4.25. The van der Waals surface area contributed by atoms with E-state index < -0.39 is 12.1 Å². The highest BCUT2D eigenvalue weighted by molar-refractivity contribution is 5.88. The van der Waals surface area contributed by atoms with E-state index in [4.69, 9.17) is 0 Å². The molecule has 1 saturated heterocycles. The molecular formula is C18H26N2O3. The van der Waals surface area contributed by atoms with Crippen molar-refractivity contribution in [3.8, 4) is 0 Å². The molecule has 1 aromatic carbocycles. The quantitative estimate of drug-likeness (QED) is 0.839. The molecule has 1 aliphatic heterocycles. The fourth-order valence-corrected chi connectivity index (χ4v) is 2.71. The van der Waals surface area contributed by atoms with Crippen LogP contribution in [0.25, 0.3) is 0 Å². The van der Waals surface area contributed by atoms with Crippen LogP contribution in [0.4, 0.5) is 0 Å². The van der Waals surface area contributed by atoms with Gasteiger partial charge in [-0.1, -0.05) is 44.2 Å². The molecule has 23 heavy (non-hydrogen) atoms. The molecule has 2 unspecified atom stereocenters. The third kappa shape index (κ3) is 5.06. The van der Waals surface area contributed by atoms with E-state index in [1.807, 2.05) is 44.2 Å². The lowest BCUT2D eigenvalue weighted by atomic mass is 10.0. The molecule has 0 radical (unpaired) electrons. The number of likely N-dealkylation sites (tertiary alicyclic amines) is 1. The van der Waals surface area contributed by atoms with Gasteiger partial charge < -0.3 is 15.3 Å². The van der Waals surface area contributed by atoms with Gasteiger partial charge in [0.2, 0.25) is 11.8 Å². The Morgan fingerprint density at radius 1 is 1.35 bits per heavy atom. The average molecular weight is 318 g/mol. The predicted molar refractivity (Wildman–Crippen MR) is 88.5 cm³/mol. The highest BCUT2D eigenvalue weighted by Gasteiger charge is 2.30. The zero-order valence-corrected chi connectivity index (χ0v) is 13.9. The van der Waals surface area contributed by atoms with Crippen LogP contribution in [0.2, 0.25) is 0 Å². The molecule has 2 N–H and O–H groups in total. The number of nitrogens with zero attached hydrogens (tertiary/aromatic N) is 1. The Balaban J connectivity index is 1.90. The summed E-state index contributed by atoms with van der Waals surface area (Å²) in [6, 6.07) is 9.37. The number of aliphatic hydroxyl groups is 1. The van der Waals surface area contributed by atoms with E-state index in [-0.39, 0.29) is 24.2 Å². The number of hydrogen-bond donors (Lipinski definition) is 2. The summed E-state index contributed by atoms with van der Waals surface area (Å²) in [5.41, 5.74) is 1.09. The van der Waals surface area contributed by atoms with Gasteiger partial charge in [-0.25, -0.2) is 0 Å². The van der Waals surface area contributed by atoms with E-state index in [1.54, 1.807) is 4.90 Å². The summed E-state index contributed by atoms with van der Waals surface area (Å²) >= 11 is 0. The number of rotatable bonds is 6. The standard InChI is InChI=1S/C18H26N2O3/c1-13(2)16(21)11-17(22)19-15-9-6-10-20(18(15)23)12-14-7-4-3-5-8-14/h3-5,7-8,13,15-16,21H,6,9-12H2,1-2H3,(H,19,22). The lowest BCUT2D eigenvalue weighted by Gasteiger charge is -2.33. The van der Waals surface area contributed by atoms with E-state index >= 15 is 0 Å². The topological polar surface area (TPSA) is 69.6 Å². The molecule has 5 nitrogen and oxygen atoms in total. The lowest BCUT2D eigenvalue weighted by Crippen LogP contribution is -2.52. The van der Waals surface area contributed by atoms with Crippen molar-refractivity contribution in [1.82, 2.24) is 10.2 Å². The minimum absolute atomic E-state index is 0.0254. The molecule has 2 rings (SSSR count). The van der Waals surface area contributed by atoms with Crippen molar-refractivity contribution in [3.63, 3.8) is 0 Å². The molecule has 0 aliphatic carbocycles. The van der Waals surface area contributed by atoms with Crippen molar-refractivity contribution in [2.45, 2.75) is 51.8 Å². The Kier molecular flexibility index (Phi) is 6.16. The molecule has 0 spiro atoms.